The van der Waals surface area contributed by atoms with Crippen LogP contribution in [0.5, 0.6) is 0 Å². The molecule has 2 unspecified atom stereocenters. The molecule has 0 aliphatic heterocycles. The number of carbonyl (C=O) groups is 1. The SMILES string of the molecule is CCCCCC(C)(NC(C)CC)C(N)=O. The molecule has 0 bridgehead atoms. The van der Waals surface area contributed by atoms with Crippen molar-refractivity contribution in [3.8, 4) is 0 Å². The minimum atomic E-state index is -0.537. The molecule has 0 heterocycles. The lowest BCUT2D eigenvalue weighted by Crippen LogP contribution is -2.55. The van der Waals surface area contributed by atoms with Gasteiger partial charge in [0.1, 0.15) is 0 Å². The van der Waals surface area contributed by atoms with Gasteiger partial charge in [-0.3, -0.25) is 4.79 Å². The van der Waals surface area contributed by atoms with Gasteiger partial charge in [-0.25, -0.2) is 0 Å². The van der Waals surface area contributed by atoms with Crippen LogP contribution in [-0.2, 0) is 4.79 Å². The zero-order chi connectivity index (χ0) is 11.9. The van der Waals surface area contributed by atoms with Crippen LogP contribution >= 0.6 is 0 Å². The van der Waals surface area contributed by atoms with Crippen LogP contribution in [0.15, 0.2) is 0 Å². The Kier molecular flexibility index (Phi) is 6.57. The van der Waals surface area contributed by atoms with Crippen LogP contribution in [-0.4, -0.2) is 17.5 Å². The molecule has 0 aromatic heterocycles. The van der Waals surface area contributed by atoms with Crippen molar-refractivity contribution in [3.63, 3.8) is 0 Å². The number of nitrogens with two attached hydrogens (primary N) is 1. The molecule has 3 nitrogen and oxygen atoms in total. The normalized spacial score (nSPS) is 17.1. The van der Waals surface area contributed by atoms with Crippen LogP contribution in [0.2, 0.25) is 0 Å². The number of hydrogen-bond acceptors (Lipinski definition) is 2. The summed E-state index contributed by atoms with van der Waals surface area (Å²) in [6.45, 7) is 8.26. The summed E-state index contributed by atoms with van der Waals surface area (Å²) in [5.41, 5.74) is 4.92. The standard InChI is InChI=1S/C12H26N2O/c1-5-7-8-9-12(4,11(13)15)14-10(3)6-2/h10,14H,5-9H2,1-4H3,(H2,13,15). The molecule has 0 radical (unpaired) electrons. The Hall–Kier alpha value is -0.570. The largest absolute Gasteiger partial charge is 0.368 e. The predicted molar refractivity (Wildman–Crippen MR) is 64.6 cm³/mol. The topological polar surface area (TPSA) is 55.1 Å². The summed E-state index contributed by atoms with van der Waals surface area (Å²) >= 11 is 0. The first-order valence-corrected chi connectivity index (χ1v) is 6.03. The third-order valence-electron chi connectivity index (χ3n) is 3.00. The second-order valence-corrected chi connectivity index (χ2v) is 4.61. The molecule has 2 atom stereocenters. The molecule has 3 N–H and O–H groups in total. The maximum absolute atomic E-state index is 11.4. The monoisotopic (exact) mass is 214 g/mol. The Morgan fingerprint density at radius 1 is 1.40 bits per heavy atom. The minimum absolute atomic E-state index is 0.237. The minimum Gasteiger partial charge on any atom is -0.368 e. The van der Waals surface area contributed by atoms with Crippen molar-refractivity contribution in [2.24, 2.45) is 5.73 Å². The van der Waals surface area contributed by atoms with Gasteiger partial charge in [0.25, 0.3) is 0 Å². The quantitative estimate of drug-likeness (QED) is 0.609. The molecule has 0 rings (SSSR count). The summed E-state index contributed by atoms with van der Waals surface area (Å²) in [5, 5.41) is 3.33. The van der Waals surface area contributed by atoms with E-state index in [1.54, 1.807) is 0 Å². The molecule has 0 aromatic rings. The Bertz CT molecular complexity index is 194. The van der Waals surface area contributed by atoms with Crippen LogP contribution in [0.4, 0.5) is 0 Å². The van der Waals surface area contributed by atoms with E-state index in [0.717, 1.165) is 32.1 Å². The highest BCUT2D eigenvalue weighted by atomic mass is 16.1. The van der Waals surface area contributed by atoms with Gasteiger partial charge in [0.05, 0.1) is 5.54 Å². The number of hydrogen-bond donors (Lipinski definition) is 2. The van der Waals surface area contributed by atoms with E-state index in [2.05, 4.69) is 26.1 Å². The highest BCUT2D eigenvalue weighted by molar-refractivity contribution is 5.84. The van der Waals surface area contributed by atoms with Crippen LogP contribution in [0.3, 0.4) is 0 Å². The molecule has 3 heteroatoms. The first kappa shape index (κ1) is 14.4. The fraction of sp³-hybridized carbons (Fsp3) is 0.917. The summed E-state index contributed by atoms with van der Waals surface area (Å²) in [4.78, 5) is 11.4. The molecule has 0 saturated carbocycles. The van der Waals surface area contributed by atoms with Gasteiger partial charge >= 0.3 is 0 Å². The van der Waals surface area contributed by atoms with E-state index in [9.17, 15) is 4.79 Å². The molecule has 90 valence electrons. The van der Waals surface area contributed by atoms with Crippen LogP contribution in [0.1, 0.15) is 59.8 Å². The Morgan fingerprint density at radius 2 is 2.00 bits per heavy atom. The zero-order valence-corrected chi connectivity index (χ0v) is 10.6. The summed E-state index contributed by atoms with van der Waals surface area (Å²) in [6.07, 6.45) is 5.22. The summed E-state index contributed by atoms with van der Waals surface area (Å²) in [5.74, 6) is -0.237. The number of rotatable bonds is 8. The van der Waals surface area contributed by atoms with Crippen molar-refractivity contribution in [3.05, 3.63) is 0 Å². The second kappa shape index (κ2) is 6.83. The van der Waals surface area contributed by atoms with Gasteiger partial charge in [0.2, 0.25) is 5.91 Å². The van der Waals surface area contributed by atoms with E-state index < -0.39 is 5.54 Å². The van der Waals surface area contributed by atoms with E-state index in [-0.39, 0.29) is 5.91 Å². The van der Waals surface area contributed by atoms with E-state index >= 15 is 0 Å². The number of unbranched alkanes of at least 4 members (excludes halogenated alkanes) is 2. The Morgan fingerprint density at radius 3 is 2.40 bits per heavy atom. The number of amides is 1. The number of primary amides is 1. The summed E-state index contributed by atoms with van der Waals surface area (Å²) in [7, 11) is 0. The molecular formula is C12H26N2O. The summed E-state index contributed by atoms with van der Waals surface area (Å²) < 4.78 is 0. The van der Waals surface area contributed by atoms with Gasteiger partial charge in [-0.1, -0.05) is 33.1 Å². The maximum Gasteiger partial charge on any atom is 0.237 e. The molecule has 0 fully saturated rings. The van der Waals surface area contributed by atoms with E-state index in [0.29, 0.717) is 6.04 Å². The van der Waals surface area contributed by atoms with Gasteiger partial charge in [0.15, 0.2) is 0 Å². The van der Waals surface area contributed by atoms with Crippen molar-refractivity contribution >= 4 is 5.91 Å². The molecular weight excluding hydrogens is 188 g/mol. The third-order valence-corrected chi connectivity index (χ3v) is 3.00. The fourth-order valence-corrected chi connectivity index (χ4v) is 1.64. The highest BCUT2D eigenvalue weighted by Crippen LogP contribution is 2.16. The third kappa shape index (κ3) is 5.17. The van der Waals surface area contributed by atoms with Crippen molar-refractivity contribution < 1.29 is 4.79 Å². The molecule has 0 aliphatic carbocycles. The molecule has 0 saturated heterocycles. The van der Waals surface area contributed by atoms with Crippen LogP contribution in [0, 0.1) is 0 Å². The maximum atomic E-state index is 11.4. The van der Waals surface area contributed by atoms with Gasteiger partial charge in [-0.15, -0.1) is 0 Å². The molecule has 0 aliphatic rings. The van der Waals surface area contributed by atoms with Crippen molar-refractivity contribution in [1.82, 2.24) is 5.32 Å². The van der Waals surface area contributed by atoms with E-state index in [1.807, 2.05) is 6.92 Å². The second-order valence-electron chi connectivity index (χ2n) is 4.61. The van der Waals surface area contributed by atoms with E-state index in [1.165, 1.54) is 0 Å². The molecule has 0 aromatic carbocycles. The molecule has 0 spiro atoms. The smallest absolute Gasteiger partial charge is 0.237 e. The Balaban J connectivity index is 4.25. The van der Waals surface area contributed by atoms with Gasteiger partial charge in [-0.2, -0.15) is 0 Å². The molecule has 15 heavy (non-hydrogen) atoms. The lowest BCUT2D eigenvalue weighted by Gasteiger charge is -2.30. The van der Waals surface area contributed by atoms with Crippen molar-refractivity contribution in [2.45, 2.75) is 71.4 Å². The average Bonchev–Trinajstić information content (AvgIpc) is 2.17. The van der Waals surface area contributed by atoms with Gasteiger partial charge in [-0.05, 0) is 26.7 Å². The zero-order valence-electron chi connectivity index (χ0n) is 10.6. The van der Waals surface area contributed by atoms with Crippen LogP contribution in [0.25, 0.3) is 0 Å². The predicted octanol–water partition coefficient (Wildman–Crippen LogP) is 2.20. The van der Waals surface area contributed by atoms with Crippen LogP contribution < -0.4 is 11.1 Å². The molecule has 1 amide bonds. The van der Waals surface area contributed by atoms with Gasteiger partial charge in [0, 0.05) is 6.04 Å². The summed E-state index contributed by atoms with van der Waals surface area (Å²) in [6, 6.07) is 0.337. The first-order valence-electron chi connectivity index (χ1n) is 6.03. The lowest BCUT2D eigenvalue weighted by atomic mass is 9.92. The lowest BCUT2D eigenvalue weighted by molar-refractivity contribution is -0.124. The van der Waals surface area contributed by atoms with Gasteiger partial charge < -0.3 is 11.1 Å². The average molecular weight is 214 g/mol. The van der Waals surface area contributed by atoms with Crippen molar-refractivity contribution in [1.29, 1.82) is 0 Å². The van der Waals surface area contributed by atoms with Crippen molar-refractivity contribution in [2.75, 3.05) is 0 Å². The van der Waals surface area contributed by atoms with E-state index in [4.69, 9.17) is 5.73 Å². The first-order chi connectivity index (χ1) is 6.96. The number of carbonyl (C=O) groups excluding carboxylic acids is 1. The Labute approximate surface area is 93.8 Å². The number of nitrogens with one attached hydrogen (secondary N) is 1. The highest BCUT2D eigenvalue weighted by Gasteiger charge is 2.30. The fourth-order valence-electron chi connectivity index (χ4n) is 1.64.